The third kappa shape index (κ3) is 2.90. The van der Waals surface area contributed by atoms with E-state index in [0.29, 0.717) is 33.9 Å². The molecule has 122 valence electrons. The molecule has 1 N–H and O–H groups in total. The monoisotopic (exact) mass is 341 g/mol. The number of aromatic nitrogens is 2. The van der Waals surface area contributed by atoms with Crippen LogP contribution >= 0.6 is 11.6 Å². The maximum atomic E-state index is 12.5. The van der Waals surface area contributed by atoms with E-state index in [1.807, 2.05) is 6.92 Å². The van der Waals surface area contributed by atoms with Crippen LogP contribution in [0.15, 0.2) is 47.3 Å². The maximum absolute atomic E-state index is 12.5. The van der Waals surface area contributed by atoms with Crippen molar-refractivity contribution in [3.8, 4) is 11.4 Å². The quantitative estimate of drug-likeness (QED) is 0.796. The smallest absolute Gasteiger partial charge is 0.261 e. The Balaban J connectivity index is 2.10. The number of nitrogens with zero attached hydrogens (tertiary/aromatic N) is 2. The Labute approximate surface area is 143 Å². The Bertz CT molecular complexity index is 978. The van der Waals surface area contributed by atoms with E-state index in [-0.39, 0.29) is 11.5 Å². The van der Waals surface area contributed by atoms with Gasteiger partial charge in [-0.3, -0.25) is 14.2 Å². The maximum Gasteiger partial charge on any atom is 0.261 e. The summed E-state index contributed by atoms with van der Waals surface area (Å²) < 4.78 is 1.50. The second-order valence-electron chi connectivity index (χ2n) is 5.40. The lowest BCUT2D eigenvalue weighted by molar-refractivity contribution is 0.0956. The largest absolute Gasteiger partial charge is 0.352 e. The first kappa shape index (κ1) is 16.2. The first-order chi connectivity index (χ1) is 11.5. The highest BCUT2D eigenvalue weighted by Crippen LogP contribution is 2.21. The summed E-state index contributed by atoms with van der Waals surface area (Å²) >= 11 is 6.00. The molecular formula is C18H16ClN3O2. The molecule has 0 aliphatic rings. The van der Waals surface area contributed by atoms with Crippen LogP contribution in [0.4, 0.5) is 0 Å². The van der Waals surface area contributed by atoms with Gasteiger partial charge in [0, 0.05) is 29.7 Å². The van der Waals surface area contributed by atoms with Gasteiger partial charge in [0.2, 0.25) is 0 Å². The second kappa shape index (κ2) is 6.45. The number of halogens is 1. The van der Waals surface area contributed by atoms with E-state index in [0.717, 1.165) is 5.56 Å². The molecule has 3 rings (SSSR count). The Morgan fingerprint density at radius 3 is 2.58 bits per heavy atom. The molecule has 0 aliphatic carbocycles. The minimum absolute atomic E-state index is 0.129. The highest BCUT2D eigenvalue weighted by Gasteiger charge is 2.11. The van der Waals surface area contributed by atoms with Crippen molar-refractivity contribution in [2.24, 2.45) is 7.05 Å². The zero-order valence-electron chi connectivity index (χ0n) is 13.3. The van der Waals surface area contributed by atoms with Crippen LogP contribution < -0.4 is 10.9 Å². The number of rotatable bonds is 3. The molecule has 0 aliphatic heterocycles. The van der Waals surface area contributed by atoms with Gasteiger partial charge in [0.15, 0.2) is 0 Å². The third-order valence-electron chi connectivity index (χ3n) is 3.78. The van der Waals surface area contributed by atoms with Crippen LogP contribution in [0, 0.1) is 0 Å². The SMILES string of the molecule is CCNC(=O)c1ccc(-c2nc3cc(Cl)ccc3c(=O)n2C)cc1. The standard InChI is InChI=1S/C18H16ClN3O2/c1-3-20-17(23)12-6-4-11(5-7-12)16-21-15-10-13(19)8-9-14(15)18(24)22(16)2/h4-10H,3H2,1-2H3,(H,20,23). The molecule has 0 unspecified atom stereocenters. The van der Waals surface area contributed by atoms with Crippen molar-refractivity contribution < 1.29 is 4.79 Å². The van der Waals surface area contributed by atoms with Crippen molar-refractivity contribution in [2.75, 3.05) is 6.54 Å². The molecule has 0 radical (unpaired) electrons. The van der Waals surface area contributed by atoms with Crippen molar-refractivity contribution >= 4 is 28.4 Å². The fraction of sp³-hybridized carbons (Fsp3) is 0.167. The van der Waals surface area contributed by atoms with Crippen LogP contribution in [0.5, 0.6) is 0 Å². The Kier molecular flexibility index (Phi) is 4.36. The van der Waals surface area contributed by atoms with Gasteiger partial charge in [0.25, 0.3) is 11.5 Å². The molecule has 1 aromatic heterocycles. The van der Waals surface area contributed by atoms with Crippen LogP contribution in [0.25, 0.3) is 22.3 Å². The van der Waals surface area contributed by atoms with Crippen molar-refractivity contribution in [1.29, 1.82) is 0 Å². The summed E-state index contributed by atoms with van der Waals surface area (Å²) in [4.78, 5) is 28.9. The van der Waals surface area contributed by atoms with Gasteiger partial charge in [0.1, 0.15) is 5.82 Å². The highest BCUT2D eigenvalue weighted by atomic mass is 35.5. The molecule has 5 nitrogen and oxygen atoms in total. The molecule has 0 saturated heterocycles. The van der Waals surface area contributed by atoms with Crippen LogP contribution in [0.3, 0.4) is 0 Å². The number of amides is 1. The first-order valence-electron chi connectivity index (χ1n) is 7.56. The summed E-state index contributed by atoms with van der Waals surface area (Å²) in [5, 5.41) is 3.79. The lowest BCUT2D eigenvalue weighted by atomic mass is 10.1. The molecule has 24 heavy (non-hydrogen) atoms. The minimum atomic E-state index is -0.139. The van der Waals surface area contributed by atoms with Crippen LogP contribution in [0.1, 0.15) is 17.3 Å². The lowest BCUT2D eigenvalue weighted by Crippen LogP contribution is -2.22. The third-order valence-corrected chi connectivity index (χ3v) is 4.02. The number of carbonyl (C=O) groups excluding carboxylic acids is 1. The van der Waals surface area contributed by atoms with Gasteiger partial charge in [-0.2, -0.15) is 0 Å². The average molecular weight is 342 g/mol. The molecule has 6 heteroatoms. The predicted molar refractivity (Wildman–Crippen MR) is 95.4 cm³/mol. The number of fused-ring (bicyclic) bond motifs is 1. The van der Waals surface area contributed by atoms with E-state index >= 15 is 0 Å². The van der Waals surface area contributed by atoms with E-state index in [4.69, 9.17) is 11.6 Å². The van der Waals surface area contributed by atoms with E-state index < -0.39 is 0 Å². The van der Waals surface area contributed by atoms with E-state index in [2.05, 4.69) is 10.3 Å². The summed E-state index contributed by atoms with van der Waals surface area (Å²) in [6, 6.07) is 12.0. The fourth-order valence-corrected chi connectivity index (χ4v) is 2.70. The fourth-order valence-electron chi connectivity index (χ4n) is 2.54. The highest BCUT2D eigenvalue weighted by molar-refractivity contribution is 6.31. The average Bonchev–Trinajstić information content (AvgIpc) is 2.58. The molecule has 1 amide bonds. The predicted octanol–water partition coefficient (Wildman–Crippen LogP) is 3.00. The molecule has 0 bridgehead atoms. The summed E-state index contributed by atoms with van der Waals surface area (Å²) in [7, 11) is 1.68. The lowest BCUT2D eigenvalue weighted by Gasteiger charge is -2.10. The molecule has 1 heterocycles. The van der Waals surface area contributed by atoms with Crippen LogP contribution in [0.2, 0.25) is 5.02 Å². The number of nitrogens with one attached hydrogen (secondary N) is 1. The van der Waals surface area contributed by atoms with E-state index in [1.54, 1.807) is 49.5 Å². The van der Waals surface area contributed by atoms with Gasteiger partial charge in [-0.1, -0.05) is 23.7 Å². The zero-order valence-corrected chi connectivity index (χ0v) is 14.1. The summed E-state index contributed by atoms with van der Waals surface area (Å²) in [6.07, 6.45) is 0. The van der Waals surface area contributed by atoms with E-state index in [9.17, 15) is 9.59 Å². The molecule has 0 atom stereocenters. The summed E-state index contributed by atoms with van der Waals surface area (Å²) in [5.41, 5.74) is 1.73. The second-order valence-corrected chi connectivity index (χ2v) is 5.83. The van der Waals surface area contributed by atoms with E-state index in [1.165, 1.54) is 4.57 Å². The molecule has 3 aromatic rings. The molecule has 2 aromatic carbocycles. The summed E-state index contributed by atoms with van der Waals surface area (Å²) in [6.45, 7) is 2.44. The number of carbonyl (C=O) groups is 1. The van der Waals surface area contributed by atoms with Gasteiger partial charge < -0.3 is 5.32 Å². The Morgan fingerprint density at radius 2 is 1.92 bits per heavy atom. The molecular weight excluding hydrogens is 326 g/mol. The molecule has 0 fully saturated rings. The van der Waals surface area contributed by atoms with Crippen molar-refractivity contribution in [3.63, 3.8) is 0 Å². The van der Waals surface area contributed by atoms with Gasteiger partial charge >= 0.3 is 0 Å². The molecule has 0 saturated carbocycles. The van der Waals surface area contributed by atoms with Gasteiger partial charge in [-0.15, -0.1) is 0 Å². The van der Waals surface area contributed by atoms with Crippen LogP contribution in [-0.4, -0.2) is 22.0 Å². The number of hydrogen-bond donors (Lipinski definition) is 1. The Hall–Kier alpha value is -2.66. The van der Waals surface area contributed by atoms with Gasteiger partial charge in [-0.25, -0.2) is 4.98 Å². The van der Waals surface area contributed by atoms with Gasteiger partial charge in [0.05, 0.1) is 10.9 Å². The van der Waals surface area contributed by atoms with Crippen molar-refractivity contribution in [1.82, 2.24) is 14.9 Å². The Morgan fingerprint density at radius 1 is 1.21 bits per heavy atom. The first-order valence-corrected chi connectivity index (χ1v) is 7.94. The van der Waals surface area contributed by atoms with Crippen LogP contribution in [-0.2, 0) is 7.05 Å². The minimum Gasteiger partial charge on any atom is -0.352 e. The normalized spacial score (nSPS) is 10.8. The summed E-state index contributed by atoms with van der Waals surface area (Å²) in [5.74, 6) is 0.397. The van der Waals surface area contributed by atoms with Gasteiger partial charge in [-0.05, 0) is 37.3 Å². The topological polar surface area (TPSA) is 64.0 Å². The van der Waals surface area contributed by atoms with Crippen molar-refractivity contribution in [2.45, 2.75) is 6.92 Å². The number of hydrogen-bond acceptors (Lipinski definition) is 3. The number of benzene rings is 2. The van der Waals surface area contributed by atoms with Crippen molar-refractivity contribution in [3.05, 3.63) is 63.4 Å². The zero-order chi connectivity index (χ0) is 17.3. The molecule has 0 spiro atoms.